The number of para-hydroxylation sites is 1. The normalized spacial score (nSPS) is 12.5. The topological polar surface area (TPSA) is 94.2 Å². The van der Waals surface area contributed by atoms with Crippen LogP contribution in [0.3, 0.4) is 0 Å². The molecule has 2 aromatic carbocycles. The average molecular weight is 495 g/mol. The van der Waals surface area contributed by atoms with Crippen LogP contribution in [-0.4, -0.2) is 42.6 Å². The number of esters is 1. The number of nitrogens with one attached hydrogen (secondary N) is 1. The molecule has 4 rings (SSSR count). The summed E-state index contributed by atoms with van der Waals surface area (Å²) in [7, 11) is 0. The number of benzene rings is 2. The van der Waals surface area contributed by atoms with Gasteiger partial charge in [0.25, 0.3) is 5.91 Å². The third kappa shape index (κ3) is 5.63. The predicted octanol–water partition coefficient (Wildman–Crippen LogP) is 5.48. The van der Waals surface area contributed by atoms with Crippen LogP contribution in [0.25, 0.3) is 0 Å². The van der Waals surface area contributed by atoms with Crippen LogP contribution in [0.15, 0.2) is 54.6 Å². The quantitative estimate of drug-likeness (QED) is 0.437. The van der Waals surface area contributed by atoms with Gasteiger partial charge < -0.3 is 24.4 Å². The molecule has 0 radical (unpaired) electrons. The van der Waals surface area contributed by atoms with Gasteiger partial charge in [-0.3, -0.25) is 4.79 Å². The van der Waals surface area contributed by atoms with E-state index in [0.717, 1.165) is 10.4 Å². The number of nitrogens with zero attached hydrogens (tertiary/aromatic N) is 1. The summed E-state index contributed by atoms with van der Waals surface area (Å²) in [5, 5.41) is 3.27. The lowest BCUT2D eigenvalue weighted by atomic mass is 10.0. The minimum atomic E-state index is -0.494. The number of anilines is 1. The number of thiophene rings is 1. The van der Waals surface area contributed by atoms with E-state index in [4.69, 9.17) is 14.2 Å². The Hall–Kier alpha value is -3.85. The zero-order chi connectivity index (χ0) is 24.8. The molecule has 2 heterocycles. The van der Waals surface area contributed by atoms with E-state index in [1.165, 1.54) is 11.3 Å². The maximum absolute atomic E-state index is 13.1. The summed E-state index contributed by atoms with van der Waals surface area (Å²) in [6.07, 6.45) is 0.0692. The number of rotatable bonds is 7. The van der Waals surface area contributed by atoms with Gasteiger partial charge in [-0.2, -0.15) is 0 Å². The van der Waals surface area contributed by atoms with Gasteiger partial charge in [-0.25, -0.2) is 9.59 Å². The zero-order valence-electron chi connectivity index (χ0n) is 19.5. The first-order valence-corrected chi connectivity index (χ1v) is 12.2. The van der Waals surface area contributed by atoms with E-state index >= 15 is 0 Å². The van der Waals surface area contributed by atoms with Crippen LogP contribution < -0.4 is 10.1 Å². The molecule has 35 heavy (non-hydrogen) atoms. The van der Waals surface area contributed by atoms with Crippen LogP contribution in [0.2, 0.25) is 0 Å². The molecule has 8 nitrogen and oxygen atoms in total. The molecule has 0 aliphatic carbocycles. The maximum Gasteiger partial charge on any atom is 0.410 e. The third-order valence-electron chi connectivity index (χ3n) is 5.36. The largest absolute Gasteiger partial charge is 0.462 e. The van der Waals surface area contributed by atoms with E-state index in [1.54, 1.807) is 43.0 Å². The highest BCUT2D eigenvalue weighted by atomic mass is 32.1. The number of fused-ring (bicyclic) bond motifs is 1. The number of amides is 2. The smallest absolute Gasteiger partial charge is 0.410 e. The Kier molecular flexibility index (Phi) is 7.67. The first-order chi connectivity index (χ1) is 17.0. The van der Waals surface area contributed by atoms with Gasteiger partial charge in [0, 0.05) is 17.0 Å². The molecule has 0 saturated heterocycles. The fraction of sp³-hybridized carbons (Fsp3) is 0.269. The Morgan fingerprint density at radius 2 is 1.71 bits per heavy atom. The van der Waals surface area contributed by atoms with Gasteiger partial charge in [0.1, 0.15) is 16.5 Å². The molecule has 0 spiro atoms. The van der Waals surface area contributed by atoms with E-state index in [9.17, 15) is 14.4 Å². The van der Waals surface area contributed by atoms with Crippen LogP contribution >= 0.6 is 11.3 Å². The fourth-order valence-electron chi connectivity index (χ4n) is 3.78. The molecule has 0 saturated carbocycles. The SMILES string of the molecule is CCOC(=O)c1c(NC(=O)c2cccc(Oc3ccccc3)c2)sc2c1CCN(C(=O)OCC)C2. The summed E-state index contributed by atoms with van der Waals surface area (Å²) in [4.78, 5) is 40.5. The van der Waals surface area contributed by atoms with Crippen LogP contribution in [0.1, 0.15) is 45.0 Å². The van der Waals surface area contributed by atoms with Crippen LogP contribution in [0, 0.1) is 0 Å². The highest BCUT2D eigenvalue weighted by Crippen LogP contribution is 2.38. The van der Waals surface area contributed by atoms with Crippen molar-refractivity contribution in [1.29, 1.82) is 0 Å². The van der Waals surface area contributed by atoms with E-state index < -0.39 is 12.1 Å². The van der Waals surface area contributed by atoms with Gasteiger partial charge in [-0.15, -0.1) is 11.3 Å². The van der Waals surface area contributed by atoms with Crippen molar-refractivity contribution in [3.8, 4) is 11.5 Å². The second kappa shape index (κ2) is 11.1. The van der Waals surface area contributed by atoms with Crippen molar-refractivity contribution < 1.29 is 28.6 Å². The highest BCUT2D eigenvalue weighted by molar-refractivity contribution is 7.17. The Morgan fingerprint density at radius 1 is 0.971 bits per heavy atom. The van der Waals surface area contributed by atoms with Crippen LogP contribution in [0.5, 0.6) is 11.5 Å². The third-order valence-corrected chi connectivity index (χ3v) is 6.50. The van der Waals surface area contributed by atoms with Crippen molar-refractivity contribution in [2.45, 2.75) is 26.8 Å². The monoisotopic (exact) mass is 494 g/mol. The van der Waals surface area contributed by atoms with Gasteiger partial charge in [-0.05, 0) is 56.2 Å². The van der Waals surface area contributed by atoms with Crippen molar-refractivity contribution in [1.82, 2.24) is 4.90 Å². The van der Waals surface area contributed by atoms with Gasteiger partial charge in [-0.1, -0.05) is 24.3 Å². The summed E-state index contributed by atoms with van der Waals surface area (Å²) in [5.74, 6) is 0.303. The van der Waals surface area contributed by atoms with Gasteiger partial charge in [0.15, 0.2) is 0 Å². The number of hydrogen-bond acceptors (Lipinski definition) is 7. The lowest BCUT2D eigenvalue weighted by molar-refractivity contribution is 0.0526. The average Bonchev–Trinajstić information content (AvgIpc) is 3.22. The highest BCUT2D eigenvalue weighted by Gasteiger charge is 2.31. The van der Waals surface area contributed by atoms with Crippen molar-refractivity contribution in [3.63, 3.8) is 0 Å². The lowest BCUT2D eigenvalue weighted by Gasteiger charge is -2.26. The number of hydrogen-bond donors (Lipinski definition) is 1. The minimum Gasteiger partial charge on any atom is -0.462 e. The summed E-state index contributed by atoms with van der Waals surface area (Å²) < 4.78 is 16.2. The fourth-order valence-corrected chi connectivity index (χ4v) is 5.03. The van der Waals surface area contributed by atoms with E-state index in [0.29, 0.717) is 47.1 Å². The Bertz CT molecular complexity index is 1220. The van der Waals surface area contributed by atoms with Crippen molar-refractivity contribution >= 4 is 34.3 Å². The molecule has 9 heteroatoms. The molecule has 0 atom stereocenters. The second-order valence-electron chi connectivity index (χ2n) is 7.70. The zero-order valence-corrected chi connectivity index (χ0v) is 20.4. The van der Waals surface area contributed by atoms with Gasteiger partial charge >= 0.3 is 12.1 Å². The second-order valence-corrected chi connectivity index (χ2v) is 8.80. The Labute approximate surface area is 207 Å². The number of carbonyl (C=O) groups is 3. The van der Waals surface area contributed by atoms with Crippen LogP contribution in [-0.2, 0) is 22.4 Å². The molecule has 1 aliphatic heterocycles. The van der Waals surface area contributed by atoms with E-state index in [1.807, 2.05) is 30.3 Å². The summed E-state index contributed by atoms with van der Waals surface area (Å²) >= 11 is 1.27. The molecular weight excluding hydrogens is 468 g/mol. The molecule has 0 bridgehead atoms. The maximum atomic E-state index is 13.1. The molecular formula is C26H26N2O6S. The molecule has 2 amide bonds. The first-order valence-electron chi connectivity index (χ1n) is 11.4. The standard InChI is InChI=1S/C26H26N2O6S/c1-3-32-25(30)22-20-13-14-28(26(31)33-4-2)16-21(20)35-24(22)27-23(29)17-9-8-12-19(15-17)34-18-10-6-5-7-11-18/h5-12,15H,3-4,13-14,16H2,1-2H3,(H,27,29). The van der Waals surface area contributed by atoms with E-state index in [2.05, 4.69) is 5.32 Å². The molecule has 3 aromatic rings. The summed E-state index contributed by atoms with van der Waals surface area (Å²) in [5.41, 5.74) is 1.53. The molecule has 182 valence electrons. The molecule has 1 aliphatic rings. The summed E-state index contributed by atoms with van der Waals surface area (Å²) in [6, 6.07) is 16.1. The first kappa shape index (κ1) is 24.3. The van der Waals surface area contributed by atoms with Crippen molar-refractivity contribution in [2.75, 3.05) is 25.1 Å². The number of carbonyl (C=O) groups excluding carboxylic acids is 3. The molecule has 1 aromatic heterocycles. The Morgan fingerprint density at radius 3 is 2.46 bits per heavy atom. The molecule has 0 unspecified atom stereocenters. The van der Waals surface area contributed by atoms with Crippen molar-refractivity contribution in [2.24, 2.45) is 0 Å². The predicted molar refractivity (Wildman–Crippen MR) is 132 cm³/mol. The number of ether oxygens (including phenoxy) is 3. The summed E-state index contributed by atoms with van der Waals surface area (Å²) in [6.45, 7) is 4.71. The van der Waals surface area contributed by atoms with E-state index in [-0.39, 0.29) is 19.1 Å². The molecule has 0 fully saturated rings. The van der Waals surface area contributed by atoms with Crippen LogP contribution in [0.4, 0.5) is 9.80 Å². The lowest BCUT2D eigenvalue weighted by Crippen LogP contribution is -2.36. The molecule has 1 N–H and O–H groups in total. The Balaban J connectivity index is 1.58. The van der Waals surface area contributed by atoms with Gasteiger partial charge in [0.05, 0.1) is 25.3 Å². The van der Waals surface area contributed by atoms with Crippen molar-refractivity contribution in [3.05, 3.63) is 76.2 Å². The van der Waals surface area contributed by atoms with Gasteiger partial charge in [0.2, 0.25) is 0 Å². The minimum absolute atomic E-state index is 0.213.